The lowest BCUT2D eigenvalue weighted by atomic mass is 9.80. The minimum absolute atomic E-state index is 0.0791. The van der Waals surface area contributed by atoms with Crippen LogP contribution in [0.15, 0.2) is 158 Å². The van der Waals surface area contributed by atoms with E-state index in [1.807, 2.05) is 0 Å². The number of aryl methyl sites for hydroxylation is 1. The van der Waals surface area contributed by atoms with Gasteiger partial charge in [-0.1, -0.05) is 154 Å². The van der Waals surface area contributed by atoms with Crippen LogP contribution >= 0.6 is 0 Å². The summed E-state index contributed by atoms with van der Waals surface area (Å²) in [7, 11) is 0. The van der Waals surface area contributed by atoms with Gasteiger partial charge in [0.05, 0.1) is 5.69 Å². The highest BCUT2D eigenvalue weighted by atomic mass is 15.1. The van der Waals surface area contributed by atoms with Gasteiger partial charge in [0.2, 0.25) is 0 Å². The van der Waals surface area contributed by atoms with Gasteiger partial charge in [0.1, 0.15) is 0 Å². The van der Waals surface area contributed by atoms with Crippen LogP contribution in [0.2, 0.25) is 0 Å². The van der Waals surface area contributed by atoms with Gasteiger partial charge in [-0.25, -0.2) is 0 Å². The molecular formula is C56H49N. The molecule has 0 heterocycles. The summed E-state index contributed by atoms with van der Waals surface area (Å²) in [4.78, 5) is 2.52. The Hall–Kier alpha value is -5.66. The van der Waals surface area contributed by atoms with E-state index in [0.717, 1.165) is 23.7 Å². The minimum Gasteiger partial charge on any atom is -0.310 e. The zero-order chi connectivity index (χ0) is 38.0. The molecule has 1 nitrogen and oxygen atoms in total. The number of benzene rings is 7. The van der Waals surface area contributed by atoms with Crippen molar-refractivity contribution >= 4 is 17.1 Å². The van der Waals surface area contributed by atoms with Crippen LogP contribution in [0.1, 0.15) is 73.8 Å². The summed E-state index contributed by atoms with van der Waals surface area (Å²) in [6.45, 7) is 7.11. The summed E-state index contributed by atoms with van der Waals surface area (Å²) in [5.41, 5.74) is 22.0. The van der Waals surface area contributed by atoms with Gasteiger partial charge in [0, 0.05) is 27.8 Å². The van der Waals surface area contributed by atoms with Crippen LogP contribution in [0, 0.1) is 30.6 Å². The highest BCUT2D eigenvalue weighted by molar-refractivity contribution is 5.96. The summed E-state index contributed by atoms with van der Waals surface area (Å²) in [6, 6.07) is 59.9. The standard InChI is InChI=1S/C56H49N/c1-35-31-41(29-30-42(35)44-17-11-18-45-43-15-7-10-20-48(43)56(54(44)45)50-33-36-23-24-37(32-36)34-51(50)56)57(40-27-25-39(26-28-40)38-13-5-4-6-14-38)52-22-12-21-49-53(52)46-16-8-9-19-47(46)55(49,2)3/h4-22,25-31,36-37,50-51H,23-24,32-34H2,1-3H3. The second-order valence-electron chi connectivity index (χ2n) is 18.5. The van der Waals surface area contributed by atoms with Crippen LogP contribution in [-0.2, 0) is 10.8 Å². The van der Waals surface area contributed by atoms with Gasteiger partial charge >= 0.3 is 0 Å². The average Bonchev–Trinajstić information content (AvgIpc) is 3.42. The molecule has 0 amide bonds. The van der Waals surface area contributed by atoms with E-state index in [1.54, 1.807) is 11.1 Å². The summed E-state index contributed by atoms with van der Waals surface area (Å²) < 4.78 is 0. The van der Waals surface area contributed by atoms with E-state index in [4.69, 9.17) is 0 Å². The smallest absolute Gasteiger partial charge is 0.0543 e. The quantitative estimate of drug-likeness (QED) is 0.170. The summed E-state index contributed by atoms with van der Waals surface area (Å²) >= 11 is 0. The van der Waals surface area contributed by atoms with Crippen molar-refractivity contribution in [2.75, 3.05) is 4.90 Å². The Morgan fingerprint density at radius 1 is 0.474 bits per heavy atom. The first kappa shape index (κ1) is 33.5. The van der Waals surface area contributed by atoms with Crippen molar-refractivity contribution in [3.8, 4) is 44.5 Å². The van der Waals surface area contributed by atoms with Gasteiger partial charge in [0.25, 0.3) is 0 Å². The Morgan fingerprint density at radius 2 is 1.05 bits per heavy atom. The molecule has 278 valence electrons. The third kappa shape index (κ3) is 4.69. The largest absolute Gasteiger partial charge is 0.310 e. The van der Waals surface area contributed by atoms with Crippen molar-refractivity contribution in [3.63, 3.8) is 0 Å². The number of anilines is 3. The fraction of sp³-hybridized carbons (Fsp3) is 0.250. The number of hydrogen-bond donors (Lipinski definition) is 0. The second-order valence-corrected chi connectivity index (χ2v) is 18.5. The number of nitrogens with zero attached hydrogens (tertiary/aromatic N) is 1. The van der Waals surface area contributed by atoms with E-state index in [1.165, 1.54) is 110 Å². The molecule has 12 rings (SSSR count). The van der Waals surface area contributed by atoms with E-state index in [0.29, 0.717) is 0 Å². The van der Waals surface area contributed by atoms with Gasteiger partial charge in [0.15, 0.2) is 0 Å². The summed E-state index contributed by atoms with van der Waals surface area (Å²) in [6.07, 6.45) is 7.17. The molecule has 0 aliphatic heterocycles. The fourth-order valence-corrected chi connectivity index (χ4v) is 12.9. The molecule has 3 fully saturated rings. The maximum Gasteiger partial charge on any atom is 0.0543 e. The Morgan fingerprint density at radius 3 is 1.79 bits per heavy atom. The van der Waals surface area contributed by atoms with Crippen LogP contribution < -0.4 is 4.90 Å². The normalized spacial score (nSPS) is 23.9. The molecule has 0 radical (unpaired) electrons. The number of hydrogen-bond acceptors (Lipinski definition) is 1. The van der Waals surface area contributed by atoms with E-state index >= 15 is 0 Å². The van der Waals surface area contributed by atoms with Crippen LogP contribution in [0.3, 0.4) is 0 Å². The third-order valence-corrected chi connectivity index (χ3v) is 15.3. The van der Waals surface area contributed by atoms with Crippen molar-refractivity contribution in [2.24, 2.45) is 23.7 Å². The van der Waals surface area contributed by atoms with E-state index in [2.05, 4.69) is 183 Å². The molecule has 7 aromatic rings. The number of rotatable bonds is 5. The highest BCUT2D eigenvalue weighted by Crippen LogP contribution is 2.76. The molecule has 4 atom stereocenters. The van der Waals surface area contributed by atoms with Gasteiger partial charge in [-0.15, -0.1) is 0 Å². The lowest BCUT2D eigenvalue weighted by Gasteiger charge is -2.30. The lowest BCUT2D eigenvalue weighted by Crippen LogP contribution is -2.16. The first-order valence-corrected chi connectivity index (χ1v) is 21.5. The first-order chi connectivity index (χ1) is 27.9. The Labute approximate surface area is 338 Å². The average molecular weight is 736 g/mol. The van der Waals surface area contributed by atoms with Gasteiger partial charge < -0.3 is 4.90 Å². The van der Waals surface area contributed by atoms with Gasteiger partial charge in [-0.05, 0) is 147 Å². The maximum absolute atomic E-state index is 2.52. The molecule has 3 saturated carbocycles. The van der Waals surface area contributed by atoms with Crippen LogP contribution in [0.5, 0.6) is 0 Å². The SMILES string of the molecule is Cc1cc(N(c2ccc(-c3ccccc3)cc2)c2cccc3c2-c2ccccc2C3(C)C)ccc1-c1cccc2c1C1(c3ccccc3-2)C2CC3CCC(C3)CC21. The van der Waals surface area contributed by atoms with Crippen molar-refractivity contribution in [1.82, 2.24) is 0 Å². The predicted molar refractivity (Wildman–Crippen MR) is 238 cm³/mol. The topological polar surface area (TPSA) is 3.24 Å². The lowest BCUT2D eigenvalue weighted by molar-refractivity contribution is 0.438. The molecule has 1 spiro atoms. The molecule has 57 heavy (non-hydrogen) atoms. The third-order valence-electron chi connectivity index (χ3n) is 15.3. The Kier molecular flexibility index (Phi) is 7.15. The summed E-state index contributed by atoms with van der Waals surface area (Å²) in [5.74, 6) is 3.35. The monoisotopic (exact) mass is 735 g/mol. The Balaban J connectivity index is 1.02. The molecular weight excluding hydrogens is 687 g/mol. The molecule has 2 bridgehead atoms. The van der Waals surface area contributed by atoms with Crippen molar-refractivity contribution in [2.45, 2.75) is 63.7 Å². The molecule has 7 aromatic carbocycles. The van der Waals surface area contributed by atoms with E-state index < -0.39 is 0 Å². The van der Waals surface area contributed by atoms with Gasteiger partial charge in [-0.2, -0.15) is 0 Å². The van der Waals surface area contributed by atoms with Crippen molar-refractivity contribution < 1.29 is 0 Å². The zero-order valence-corrected chi connectivity index (χ0v) is 33.3. The van der Waals surface area contributed by atoms with Crippen molar-refractivity contribution in [1.29, 1.82) is 0 Å². The minimum atomic E-state index is -0.0791. The van der Waals surface area contributed by atoms with Crippen LogP contribution in [0.25, 0.3) is 44.5 Å². The predicted octanol–water partition coefficient (Wildman–Crippen LogP) is 14.8. The van der Waals surface area contributed by atoms with Crippen LogP contribution in [0.4, 0.5) is 17.1 Å². The van der Waals surface area contributed by atoms with Gasteiger partial charge in [-0.3, -0.25) is 0 Å². The molecule has 5 aliphatic carbocycles. The highest BCUT2D eigenvalue weighted by Gasteiger charge is 2.70. The molecule has 0 aromatic heterocycles. The van der Waals surface area contributed by atoms with Crippen LogP contribution in [-0.4, -0.2) is 0 Å². The van der Waals surface area contributed by atoms with E-state index in [9.17, 15) is 0 Å². The summed E-state index contributed by atoms with van der Waals surface area (Å²) in [5, 5.41) is 0. The molecule has 4 unspecified atom stereocenters. The fourth-order valence-electron chi connectivity index (χ4n) is 12.9. The Bertz CT molecular complexity index is 2720. The molecule has 1 heteroatoms. The maximum atomic E-state index is 2.52. The zero-order valence-electron chi connectivity index (χ0n) is 33.3. The first-order valence-electron chi connectivity index (χ1n) is 21.5. The molecule has 5 aliphatic rings. The molecule has 0 saturated heterocycles. The molecule has 0 N–H and O–H groups in total. The second kappa shape index (κ2) is 12.2. The van der Waals surface area contributed by atoms with E-state index in [-0.39, 0.29) is 10.8 Å². The number of fused-ring (bicyclic) bond motifs is 13. The van der Waals surface area contributed by atoms with Crippen molar-refractivity contribution in [3.05, 3.63) is 186 Å².